The lowest BCUT2D eigenvalue weighted by atomic mass is 10.2. The maximum Gasteiger partial charge on any atom is 0.123 e. The van der Waals surface area contributed by atoms with Gasteiger partial charge < -0.3 is 4.57 Å². The predicted octanol–water partition coefficient (Wildman–Crippen LogP) is 2.55. The summed E-state index contributed by atoms with van der Waals surface area (Å²) in [7, 11) is 2.14. The largest absolute Gasteiger partial charge is 0.331 e. The van der Waals surface area contributed by atoms with Gasteiger partial charge in [-0.3, -0.25) is 9.88 Å². The first-order valence-corrected chi connectivity index (χ1v) is 6.84. The number of imidazole rings is 1. The molecule has 1 aliphatic rings. The lowest BCUT2D eigenvalue weighted by Gasteiger charge is -2.17. The summed E-state index contributed by atoms with van der Waals surface area (Å²) in [6, 6.07) is 4.93. The maximum atomic E-state index is 4.49. The van der Waals surface area contributed by atoms with E-state index in [1.165, 1.54) is 24.2 Å². The second-order valence-electron chi connectivity index (χ2n) is 5.46. The van der Waals surface area contributed by atoms with Crippen molar-refractivity contribution in [2.24, 2.45) is 0 Å². The average molecular weight is 256 g/mol. The molecule has 1 saturated carbocycles. The highest BCUT2D eigenvalue weighted by molar-refractivity contribution is 5.15. The summed E-state index contributed by atoms with van der Waals surface area (Å²) in [5.41, 5.74) is 2.38. The highest BCUT2D eigenvalue weighted by Crippen LogP contribution is 2.35. The van der Waals surface area contributed by atoms with E-state index in [2.05, 4.69) is 44.8 Å². The number of aryl methyl sites for hydroxylation is 1. The van der Waals surface area contributed by atoms with Crippen LogP contribution in [0, 0.1) is 6.92 Å². The number of hydrogen-bond acceptors (Lipinski definition) is 3. The molecule has 0 saturated heterocycles. The van der Waals surface area contributed by atoms with E-state index in [4.69, 9.17) is 0 Å². The molecule has 1 aliphatic carbocycles. The van der Waals surface area contributed by atoms with Crippen molar-refractivity contribution in [3.63, 3.8) is 0 Å². The molecule has 0 amide bonds. The first-order valence-electron chi connectivity index (χ1n) is 6.84. The standard InChI is InChI=1S/C15H20N4/c1-12-9-13(5-6-16-12)10-18(2)11-15-17-7-8-19(15)14-3-4-14/h5-9,14H,3-4,10-11H2,1-2H3. The van der Waals surface area contributed by atoms with Crippen LogP contribution in [0.25, 0.3) is 0 Å². The molecule has 0 unspecified atom stereocenters. The van der Waals surface area contributed by atoms with Crippen LogP contribution >= 0.6 is 0 Å². The van der Waals surface area contributed by atoms with Crippen molar-refractivity contribution in [2.75, 3.05) is 7.05 Å². The Bertz CT molecular complexity index is 557. The van der Waals surface area contributed by atoms with Crippen LogP contribution in [-0.4, -0.2) is 26.5 Å². The monoisotopic (exact) mass is 256 g/mol. The Kier molecular flexibility index (Phi) is 3.34. The van der Waals surface area contributed by atoms with Crippen molar-refractivity contribution >= 4 is 0 Å². The molecule has 19 heavy (non-hydrogen) atoms. The highest BCUT2D eigenvalue weighted by Gasteiger charge is 2.25. The van der Waals surface area contributed by atoms with Crippen LogP contribution in [0.3, 0.4) is 0 Å². The van der Waals surface area contributed by atoms with Gasteiger partial charge in [-0.15, -0.1) is 0 Å². The van der Waals surface area contributed by atoms with Crippen LogP contribution in [-0.2, 0) is 13.1 Å². The minimum atomic E-state index is 0.703. The van der Waals surface area contributed by atoms with Gasteiger partial charge in [0.1, 0.15) is 5.82 Å². The van der Waals surface area contributed by atoms with Crippen LogP contribution in [0.4, 0.5) is 0 Å². The minimum Gasteiger partial charge on any atom is -0.331 e. The number of aromatic nitrogens is 3. The van der Waals surface area contributed by atoms with Crippen molar-refractivity contribution in [3.05, 3.63) is 47.8 Å². The van der Waals surface area contributed by atoms with Gasteiger partial charge in [0.2, 0.25) is 0 Å². The SMILES string of the molecule is Cc1cc(CN(C)Cc2nccn2C2CC2)ccn1. The lowest BCUT2D eigenvalue weighted by Crippen LogP contribution is -2.20. The van der Waals surface area contributed by atoms with Crippen LogP contribution < -0.4 is 0 Å². The van der Waals surface area contributed by atoms with E-state index in [-0.39, 0.29) is 0 Å². The maximum absolute atomic E-state index is 4.49. The van der Waals surface area contributed by atoms with Crippen molar-refractivity contribution in [3.8, 4) is 0 Å². The Morgan fingerprint density at radius 1 is 1.26 bits per heavy atom. The summed E-state index contributed by atoms with van der Waals surface area (Å²) < 4.78 is 2.33. The molecule has 0 bridgehead atoms. The normalized spacial score (nSPS) is 15.1. The fourth-order valence-electron chi connectivity index (χ4n) is 2.46. The first-order chi connectivity index (χ1) is 9.22. The van der Waals surface area contributed by atoms with Gasteiger partial charge in [-0.2, -0.15) is 0 Å². The summed E-state index contributed by atoms with van der Waals surface area (Å²) in [6.07, 6.45) is 8.51. The van der Waals surface area contributed by atoms with E-state index in [1.807, 2.05) is 19.3 Å². The molecular weight excluding hydrogens is 236 g/mol. The summed E-state index contributed by atoms with van der Waals surface area (Å²) >= 11 is 0. The zero-order valence-corrected chi connectivity index (χ0v) is 11.6. The third-order valence-corrected chi connectivity index (χ3v) is 3.51. The molecule has 2 aromatic rings. The molecule has 0 aromatic carbocycles. The van der Waals surface area contributed by atoms with E-state index >= 15 is 0 Å². The molecule has 4 heteroatoms. The molecule has 0 atom stereocenters. The fourth-order valence-corrected chi connectivity index (χ4v) is 2.46. The second-order valence-corrected chi connectivity index (χ2v) is 5.46. The molecule has 1 fully saturated rings. The van der Waals surface area contributed by atoms with E-state index in [0.717, 1.165) is 18.8 Å². The molecular formula is C15H20N4. The number of rotatable bonds is 5. The second kappa shape index (κ2) is 5.13. The van der Waals surface area contributed by atoms with Crippen molar-refractivity contribution in [1.82, 2.24) is 19.4 Å². The zero-order valence-electron chi connectivity index (χ0n) is 11.6. The van der Waals surface area contributed by atoms with Gasteiger partial charge in [0.25, 0.3) is 0 Å². The number of nitrogens with zero attached hydrogens (tertiary/aromatic N) is 4. The lowest BCUT2D eigenvalue weighted by molar-refractivity contribution is 0.305. The van der Waals surface area contributed by atoms with Gasteiger partial charge in [-0.25, -0.2) is 4.98 Å². The Morgan fingerprint density at radius 2 is 2.11 bits per heavy atom. The third-order valence-electron chi connectivity index (χ3n) is 3.51. The number of hydrogen-bond donors (Lipinski definition) is 0. The topological polar surface area (TPSA) is 34.0 Å². The van der Waals surface area contributed by atoms with Gasteiger partial charge in [-0.05, 0) is 44.5 Å². The van der Waals surface area contributed by atoms with Crippen LogP contribution in [0.15, 0.2) is 30.7 Å². The van der Waals surface area contributed by atoms with Crippen molar-refractivity contribution in [2.45, 2.75) is 38.9 Å². The van der Waals surface area contributed by atoms with E-state index < -0.39 is 0 Å². The Balaban J connectivity index is 1.64. The Morgan fingerprint density at radius 3 is 2.84 bits per heavy atom. The summed E-state index contributed by atoms with van der Waals surface area (Å²) in [6.45, 7) is 3.86. The van der Waals surface area contributed by atoms with Gasteiger partial charge >= 0.3 is 0 Å². The third kappa shape index (κ3) is 3.01. The summed E-state index contributed by atoms with van der Waals surface area (Å²) in [5.74, 6) is 1.18. The van der Waals surface area contributed by atoms with Gasteiger partial charge in [0.15, 0.2) is 0 Å². The fraction of sp³-hybridized carbons (Fsp3) is 0.467. The molecule has 100 valence electrons. The molecule has 2 aromatic heterocycles. The quantitative estimate of drug-likeness (QED) is 0.824. The molecule has 0 spiro atoms. The van der Waals surface area contributed by atoms with E-state index in [0.29, 0.717) is 6.04 Å². The molecule has 4 nitrogen and oxygen atoms in total. The zero-order chi connectivity index (χ0) is 13.2. The Hall–Kier alpha value is -1.68. The molecule has 3 rings (SSSR count). The van der Waals surface area contributed by atoms with Crippen LogP contribution in [0.5, 0.6) is 0 Å². The molecule has 0 radical (unpaired) electrons. The summed E-state index contributed by atoms with van der Waals surface area (Å²) in [4.78, 5) is 11.0. The molecule has 0 N–H and O–H groups in total. The smallest absolute Gasteiger partial charge is 0.123 e. The van der Waals surface area contributed by atoms with E-state index in [1.54, 1.807) is 0 Å². The predicted molar refractivity (Wildman–Crippen MR) is 74.6 cm³/mol. The van der Waals surface area contributed by atoms with Gasteiger partial charge in [0, 0.05) is 36.9 Å². The number of pyridine rings is 1. The van der Waals surface area contributed by atoms with Crippen molar-refractivity contribution in [1.29, 1.82) is 0 Å². The van der Waals surface area contributed by atoms with E-state index in [9.17, 15) is 0 Å². The minimum absolute atomic E-state index is 0.703. The van der Waals surface area contributed by atoms with Gasteiger partial charge in [-0.1, -0.05) is 0 Å². The van der Waals surface area contributed by atoms with Crippen LogP contribution in [0.1, 0.15) is 36.0 Å². The molecule has 0 aliphatic heterocycles. The first kappa shape index (κ1) is 12.4. The average Bonchev–Trinajstić information content (AvgIpc) is 3.10. The summed E-state index contributed by atoms with van der Waals surface area (Å²) in [5, 5.41) is 0. The Labute approximate surface area is 114 Å². The van der Waals surface area contributed by atoms with Crippen LogP contribution in [0.2, 0.25) is 0 Å². The highest BCUT2D eigenvalue weighted by atomic mass is 15.2. The van der Waals surface area contributed by atoms with Gasteiger partial charge in [0.05, 0.1) is 6.54 Å². The molecule has 2 heterocycles. The van der Waals surface area contributed by atoms with Crippen molar-refractivity contribution < 1.29 is 0 Å².